The first-order valence-corrected chi connectivity index (χ1v) is 18.3. The number of hydrogen-bond acceptors (Lipinski definition) is 11. The van der Waals surface area contributed by atoms with Crippen LogP contribution in [0.1, 0.15) is 61.3 Å². The molecule has 11 nitrogen and oxygen atoms in total. The van der Waals surface area contributed by atoms with Gasteiger partial charge >= 0.3 is 18.3 Å². The van der Waals surface area contributed by atoms with Gasteiger partial charge in [0.2, 0.25) is 11.5 Å². The molecular formula is C34H35F6N5O6S2. The highest BCUT2D eigenvalue weighted by Gasteiger charge is 2.41. The molecule has 0 radical (unpaired) electrons. The van der Waals surface area contributed by atoms with Crippen molar-refractivity contribution in [3.63, 3.8) is 0 Å². The maximum atomic E-state index is 13.5. The Bertz CT molecular complexity index is 1980. The van der Waals surface area contributed by atoms with E-state index in [2.05, 4.69) is 19.4 Å². The molecule has 0 N–H and O–H groups in total. The summed E-state index contributed by atoms with van der Waals surface area (Å²) >= 11 is 2.03. The Morgan fingerprint density at radius 2 is 1.36 bits per heavy atom. The Balaban J connectivity index is 1.02. The molecule has 53 heavy (non-hydrogen) atoms. The predicted molar refractivity (Wildman–Crippen MR) is 180 cm³/mol. The van der Waals surface area contributed by atoms with E-state index in [1.54, 1.807) is 21.9 Å². The molecule has 0 aliphatic carbocycles. The van der Waals surface area contributed by atoms with Crippen LogP contribution in [0.3, 0.4) is 0 Å². The van der Waals surface area contributed by atoms with Crippen LogP contribution in [0, 0.1) is 25.7 Å². The first-order valence-electron chi connectivity index (χ1n) is 16.6. The third-order valence-corrected chi connectivity index (χ3v) is 11.8. The number of likely N-dealkylation sites (N-methyl/N-ethyl adjacent to an activating group) is 1. The van der Waals surface area contributed by atoms with E-state index >= 15 is 0 Å². The van der Waals surface area contributed by atoms with Crippen LogP contribution in [0.5, 0.6) is 0 Å². The quantitative estimate of drug-likeness (QED) is 0.127. The molecule has 19 heteroatoms. The fourth-order valence-electron chi connectivity index (χ4n) is 6.80. The highest BCUT2D eigenvalue weighted by molar-refractivity contribution is 7.17. The molecule has 286 valence electrons. The van der Waals surface area contributed by atoms with Gasteiger partial charge in [-0.1, -0.05) is 10.3 Å². The summed E-state index contributed by atoms with van der Waals surface area (Å²) in [5.41, 5.74) is -0.281. The Hall–Kier alpha value is -4.23. The molecule has 1 unspecified atom stereocenters. The summed E-state index contributed by atoms with van der Waals surface area (Å²) < 4.78 is 93.9. The van der Waals surface area contributed by atoms with Crippen LogP contribution in [-0.4, -0.2) is 95.7 Å². The average Bonchev–Trinajstić information content (AvgIpc) is 3.93. The van der Waals surface area contributed by atoms with Gasteiger partial charge in [0.05, 0.1) is 32.0 Å². The number of carbonyl (C=O) groups is 3. The molecule has 2 fully saturated rings. The molecule has 2 amide bonds. The van der Waals surface area contributed by atoms with Gasteiger partial charge < -0.3 is 28.5 Å². The Kier molecular flexibility index (Phi) is 10.8. The van der Waals surface area contributed by atoms with Crippen LogP contribution in [-0.2, 0) is 21.9 Å². The monoisotopic (exact) mass is 787 g/mol. The number of alkyl halides is 6. The zero-order valence-corrected chi connectivity index (χ0v) is 30.6. The second-order valence-corrected chi connectivity index (χ2v) is 15.5. The summed E-state index contributed by atoms with van der Waals surface area (Å²) in [5, 5.41) is 7.15. The lowest BCUT2D eigenvalue weighted by atomic mass is 9.97. The van der Waals surface area contributed by atoms with Crippen LogP contribution >= 0.6 is 22.7 Å². The fraction of sp³-hybridized carbons (Fsp3) is 0.500. The average molecular weight is 788 g/mol. The topological polar surface area (TPSA) is 122 Å². The van der Waals surface area contributed by atoms with Gasteiger partial charge in [-0.25, -0.2) is 0 Å². The highest BCUT2D eigenvalue weighted by Crippen LogP contribution is 2.40. The Labute approximate surface area is 307 Å². The lowest BCUT2D eigenvalue weighted by molar-refractivity contribution is -0.156. The lowest BCUT2D eigenvalue weighted by Gasteiger charge is -2.31. The van der Waals surface area contributed by atoms with Gasteiger partial charge in [-0.05, 0) is 77.4 Å². The van der Waals surface area contributed by atoms with Crippen LogP contribution < -0.4 is 0 Å². The van der Waals surface area contributed by atoms with Crippen LogP contribution in [0.2, 0.25) is 0 Å². The number of halogens is 6. The molecule has 0 spiro atoms. The smallest absolute Gasteiger partial charge is 0.452 e. The van der Waals surface area contributed by atoms with Crippen molar-refractivity contribution in [3.05, 3.63) is 56.7 Å². The van der Waals surface area contributed by atoms with Gasteiger partial charge in [0, 0.05) is 43.3 Å². The van der Waals surface area contributed by atoms with E-state index < -0.39 is 35.8 Å². The molecule has 6 rings (SSSR count). The molecule has 0 aromatic carbocycles. The largest absolute Gasteiger partial charge is 0.465 e. The third kappa shape index (κ3) is 8.01. The maximum Gasteiger partial charge on any atom is 0.452 e. The fourth-order valence-corrected chi connectivity index (χ4v) is 8.83. The number of esters is 1. The van der Waals surface area contributed by atoms with Gasteiger partial charge in [-0.2, -0.15) is 26.3 Å². The second kappa shape index (κ2) is 14.9. The summed E-state index contributed by atoms with van der Waals surface area (Å²) in [6.07, 6.45) is -7.82. The molecule has 4 aromatic heterocycles. The van der Waals surface area contributed by atoms with Gasteiger partial charge in [0.15, 0.2) is 0 Å². The summed E-state index contributed by atoms with van der Waals surface area (Å²) in [7, 11) is 3.78. The number of carbonyl (C=O) groups excluding carboxylic acids is 3. The van der Waals surface area contributed by atoms with Gasteiger partial charge in [0.1, 0.15) is 11.4 Å². The molecule has 0 bridgehead atoms. The SMILES string of the molecule is Cc1c(-c2ccc(C(=O)N3CCC[C@@H](C(=O)OCCC4CN(C(=O)c5ccc(-c6noc(C(F)(F)F)c6C)s5)C[C@@H]4N(C)C)C3)s2)noc1C(F)(F)F. The van der Waals surface area contributed by atoms with E-state index in [0.717, 1.165) is 22.7 Å². The molecule has 3 atom stereocenters. The summed E-state index contributed by atoms with van der Waals surface area (Å²) in [6.45, 7) is 3.95. The van der Waals surface area contributed by atoms with Crippen molar-refractivity contribution in [2.75, 3.05) is 46.9 Å². The first kappa shape index (κ1) is 38.5. The van der Waals surface area contributed by atoms with E-state index in [9.17, 15) is 40.7 Å². The number of ether oxygens (including phenoxy) is 1. The molecule has 0 saturated carbocycles. The van der Waals surface area contributed by atoms with Crippen LogP contribution in [0.4, 0.5) is 26.3 Å². The van der Waals surface area contributed by atoms with Crippen molar-refractivity contribution in [1.29, 1.82) is 0 Å². The summed E-state index contributed by atoms with van der Waals surface area (Å²) in [4.78, 5) is 46.6. The minimum absolute atomic E-state index is 0.0115. The van der Waals surface area contributed by atoms with Crippen LogP contribution in [0.25, 0.3) is 21.1 Å². The minimum atomic E-state index is -4.69. The lowest BCUT2D eigenvalue weighted by Crippen LogP contribution is -2.42. The number of nitrogens with zero attached hydrogens (tertiary/aromatic N) is 5. The van der Waals surface area contributed by atoms with Crippen molar-refractivity contribution >= 4 is 40.5 Å². The van der Waals surface area contributed by atoms with Crippen molar-refractivity contribution in [2.45, 2.75) is 51.5 Å². The molecule has 6 heterocycles. The molecule has 2 aliphatic rings. The normalized spacial score (nSPS) is 19.7. The maximum absolute atomic E-state index is 13.5. The molecule has 4 aromatic rings. The number of likely N-dealkylation sites (tertiary alicyclic amines) is 2. The predicted octanol–water partition coefficient (Wildman–Crippen LogP) is 7.26. The van der Waals surface area contributed by atoms with E-state index in [4.69, 9.17) is 4.74 Å². The zero-order chi connectivity index (χ0) is 38.4. The zero-order valence-electron chi connectivity index (χ0n) is 29.0. The van der Waals surface area contributed by atoms with Crippen LogP contribution in [0.15, 0.2) is 33.3 Å². The van der Waals surface area contributed by atoms with Gasteiger partial charge in [-0.15, -0.1) is 22.7 Å². The Morgan fingerprint density at radius 3 is 1.85 bits per heavy atom. The first-order chi connectivity index (χ1) is 24.9. The van der Waals surface area contributed by atoms with Crippen molar-refractivity contribution in [3.8, 4) is 21.1 Å². The van der Waals surface area contributed by atoms with Crippen molar-refractivity contribution < 1.29 is 54.5 Å². The van der Waals surface area contributed by atoms with Crippen molar-refractivity contribution in [1.82, 2.24) is 25.0 Å². The molecule has 2 aliphatic heterocycles. The second-order valence-electron chi connectivity index (χ2n) is 13.3. The van der Waals surface area contributed by atoms with E-state index in [0.29, 0.717) is 58.4 Å². The standard InChI is InChI=1S/C34H35F6N5O6S2/c1-17-26(41-50-28(17)33(35,36)37)22-7-9-24(52-22)30(46)44-12-5-6-20(15-44)32(48)49-13-11-19-14-45(16-21(19)43(3)4)31(47)25-10-8-23(53-25)27-18(2)29(51-42-27)34(38,39)40/h7-10,19-21H,5-6,11-16H2,1-4H3/t19?,20-,21+/m1/s1. The summed E-state index contributed by atoms with van der Waals surface area (Å²) in [6, 6.07) is 6.11. The van der Waals surface area contributed by atoms with E-state index in [-0.39, 0.29) is 59.4 Å². The number of piperidine rings is 1. The summed E-state index contributed by atoms with van der Waals surface area (Å²) in [5.74, 6) is -4.02. The Morgan fingerprint density at radius 1 is 0.830 bits per heavy atom. The molecular weight excluding hydrogens is 753 g/mol. The van der Waals surface area contributed by atoms with E-state index in [1.165, 1.54) is 26.0 Å². The number of amides is 2. The number of thiophene rings is 2. The number of aromatic nitrogens is 2. The van der Waals surface area contributed by atoms with Gasteiger partial charge in [0.25, 0.3) is 11.8 Å². The highest BCUT2D eigenvalue weighted by atomic mass is 32.1. The molecule has 2 saturated heterocycles. The van der Waals surface area contributed by atoms with E-state index in [1.807, 2.05) is 19.0 Å². The number of rotatable bonds is 9. The third-order valence-electron chi connectivity index (χ3n) is 9.60. The van der Waals surface area contributed by atoms with Crippen molar-refractivity contribution in [2.24, 2.45) is 11.8 Å². The minimum Gasteiger partial charge on any atom is -0.465 e. The van der Waals surface area contributed by atoms with Gasteiger partial charge in [-0.3, -0.25) is 14.4 Å². The number of hydrogen-bond donors (Lipinski definition) is 0.